The minimum absolute atomic E-state index is 0.0415. The van der Waals surface area contributed by atoms with Gasteiger partial charge in [0, 0.05) is 23.2 Å². The molecule has 0 aliphatic carbocycles. The van der Waals surface area contributed by atoms with E-state index in [1.807, 2.05) is 24.3 Å². The van der Waals surface area contributed by atoms with E-state index in [-0.39, 0.29) is 17.2 Å². The molecule has 0 radical (unpaired) electrons. The molecule has 0 saturated carbocycles. The molecule has 122 valence electrons. The lowest BCUT2D eigenvalue weighted by molar-refractivity contribution is -0.120. The number of methoxy groups -OCH3 is 1. The molecule has 1 aromatic carbocycles. The standard InChI is InChI=1S/C17H14ClN3O2S/c1-23-14-8-15-12(6-9(14)18)20-13-7-11(10-4-2-3-5-19-10)21-17(22)16(13)24-15/h2-6,8,11,16H,7H2,1H3,(H,21,22). The topological polar surface area (TPSA) is 63.6 Å². The first kappa shape index (κ1) is 15.5. The largest absolute Gasteiger partial charge is 0.495 e. The molecule has 7 heteroatoms. The molecule has 24 heavy (non-hydrogen) atoms. The number of aromatic nitrogens is 1. The fraction of sp³-hybridized carbons (Fsp3) is 0.235. The molecule has 5 nitrogen and oxygen atoms in total. The summed E-state index contributed by atoms with van der Waals surface area (Å²) in [5.74, 6) is 0.546. The smallest absolute Gasteiger partial charge is 0.239 e. The summed E-state index contributed by atoms with van der Waals surface area (Å²) in [6.45, 7) is 0. The predicted molar refractivity (Wildman–Crippen MR) is 94.5 cm³/mol. The zero-order chi connectivity index (χ0) is 16.7. The van der Waals surface area contributed by atoms with Gasteiger partial charge in [0.2, 0.25) is 5.91 Å². The van der Waals surface area contributed by atoms with Crippen molar-refractivity contribution in [3.63, 3.8) is 0 Å². The summed E-state index contributed by atoms with van der Waals surface area (Å²) in [6, 6.07) is 9.16. The van der Waals surface area contributed by atoms with Crippen molar-refractivity contribution in [2.75, 3.05) is 7.11 Å². The Balaban J connectivity index is 1.70. The summed E-state index contributed by atoms with van der Waals surface area (Å²) in [5.41, 5.74) is 2.48. The lowest BCUT2D eigenvalue weighted by atomic mass is 9.98. The lowest BCUT2D eigenvalue weighted by Crippen LogP contribution is -2.47. The Morgan fingerprint density at radius 1 is 1.38 bits per heavy atom. The van der Waals surface area contributed by atoms with E-state index in [2.05, 4.69) is 10.3 Å². The molecule has 1 N–H and O–H groups in total. The van der Waals surface area contributed by atoms with E-state index in [0.29, 0.717) is 17.2 Å². The van der Waals surface area contributed by atoms with Crippen LogP contribution >= 0.6 is 23.4 Å². The molecule has 1 fully saturated rings. The van der Waals surface area contributed by atoms with E-state index >= 15 is 0 Å². The Kier molecular flexibility index (Phi) is 3.94. The fourth-order valence-corrected chi connectivity index (χ4v) is 4.25. The second-order valence-electron chi connectivity index (χ2n) is 5.58. The van der Waals surface area contributed by atoms with Crippen LogP contribution in [0.1, 0.15) is 18.2 Å². The molecule has 1 saturated heterocycles. The average Bonchev–Trinajstić information content (AvgIpc) is 2.60. The van der Waals surface area contributed by atoms with Crippen LogP contribution in [-0.2, 0) is 4.79 Å². The van der Waals surface area contributed by atoms with E-state index in [4.69, 9.17) is 21.3 Å². The molecule has 2 aliphatic heterocycles. The Morgan fingerprint density at radius 2 is 2.25 bits per heavy atom. The third kappa shape index (κ3) is 2.65. The van der Waals surface area contributed by atoms with Gasteiger partial charge in [0.05, 0.1) is 29.6 Å². The van der Waals surface area contributed by atoms with Crippen molar-refractivity contribution in [2.45, 2.75) is 22.6 Å². The molecule has 1 amide bonds. The van der Waals surface area contributed by atoms with Gasteiger partial charge in [-0.3, -0.25) is 14.8 Å². The van der Waals surface area contributed by atoms with Crippen LogP contribution in [0, 0.1) is 0 Å². The minimum atomic E-state index is -0.316. The summed E-state index contributed by atoms with van der Waals surface area (Å²) in [4.78, 5) is 22.5. The number of hydrogen-bond donors (Lipinski definition) is 1. The van der Waals surface area contributed by atoms with Crippen LogP contribution in [-0.4, -0.2) is 29.0 Å². The third-order valence-corrected chi connectivity index (χ3v) is 5.66. The Morgan fingerprint density at radius 3 is 3.00 bits per heavy atom. The number of nitrogens with zero attached hydrogens (tertiary/aromatic N) is 2. The van der Waals surface area contributed by atoms with Gasteiger partial charge in [0.25, 0.3) is 0 Å². The van der Waals surface area contributed by atoms with Crippen LogP contribution in [0.4, 0.5) is 5.69 Å². The van der Waals surface area contributed by atoms with Gasteiger partial charge in [-0.1, -0.05) is 17.7 Å². The van der Waals surface area contributed by atoms with E-state index in [1.165, 1.54) is 11.8 Å². The molecule has 2 aromatic rings. The maximum absolute atomic E-state index is 12.5. The predicted octanol–water partition coefficient (Wildman–Crippen LogP) is 3.55. The van der Waals surface area contributed by atoms with Gasteiger partial charge < -0.3 is 10.1 Å². The molecule has 1 aromatic heterocycles. The highest BCUT2D eigenvalue weighted by atomic mass is 35.5. The molecule has 4 rings (SSSR count). The van der Waals surface area contributed by atoms with E-state index in [1.54, 1.807) is 19.4 Å². The van der Waals surface area contributed by atoms with Crippen molar-refractivity contribution in [2.24, 2.45) is 4.99 Å². The van der Waals surface area contributed by atoms with Crippen molar-refractivity contribution in [1.29, 1.82) is 0 Å². The Labute approximate surface area is 148 Å². The number of aliphatic imine (C=N–C) groups is 1. The SMILES string of the molecule is COc1cc2c(cc1Cl)N=C1CC(c3ccccn3)NC(=O)C1S2. The second kappa shape index (κ2) is 6.11. The molecule has 0 bridgehead atoms. The summed E-state index contributed by atoms with van der Waals surface area (Å²) in [7, 11) is 1.57. The van der Waals surface area contributed by atoms with Crippen molar-refractivity contribution in [3.05, 3.63) is 47.2 Å². The van der Waals surface area contributed by atoms with Crippen LogP contribution in [0.3, 0.4) is 0 Å². The van der Waals surface area contributed by atoms with Gasteiger partial charge in [-0.05, 0) is 24.3 Å². The first-order valence-electron chi connectivity index (χ1n) is 7.48. The number of benzene rings is 1. The maximum Gasteiger partial charge on any atom is 0.239 e. The highest BCUT2D eigenvalue weighted by molar-refractivity contribution is 8.01. The van der Waals surface area contributed by atoms with Crippen LogP contribution in [0.25, 0.3) is 0 Å². The van der Waals surface area contributed by atoms with Crippen LogP contribution in [0.5, 0.6) is 5.75 Å². The number of carbonyl (C=O) groups is 1. The Hall–Kier alpha value is -2.05. The zero-order valence-corrected chi connectivity index (χ0v) is 14.4. The monoisotopic (exact) mass is 359 g/mol. The van der Waals surface area contributed by atoms with Gasteiger partial charge in [0.15, 0.2) is 0 Å². The highest BCUT2D eigenvalue weighted by Gasteiger charge is 2.38. The molecular formula is C17H14ClN3O2S. The van der Waals surface area contributed by atoms with E-state index < -0.39 is 0 Å². The lowest BCUT2D eigenvalue weighted by Gasteiger charge is -2.32. The first-order valence-corrected chi connectivity index (χ1v) is 8.74. The number of fused-ring (bicyclic) bond motifs is 2. The highest BCUT2D eigenvalue weighted by Crippen LogP contribution is 2.45. The van der Waals surface area contributed by atoms with E-state index in [9.17, 15) is 4.79 Å². The molecular weight excluding hydrogens is 346 g/mol. The van der Waals surface area contributed by atoms with Gasteiger partial charge in [-0.15, -0.1) is 11.8 Å². The minimum Gasteiger partial charge on any atom is -0.495 e. The van der Waals surface area contributed by atoms with Crippen LogP contribution in [0.2, 0.25) is 5.02 Å². The summed E-state index contributed by atoms with van der Waals surface area (Å²) in [6.07, 6.45) is 2.37. The van der Waals surface area contributed by atoms with Crippen molar-refractivity contribution < 1.29 is 9.53 Å². The van der Waals surface area contributed by atoms with Gasteiger partial charge in [0.1, 0.15) is 11.0 Å². The molecule has 2 unspecified atom stereocenters. The summed E-state index contributed by atoms with van der Waals surface area (Å²) in [5, 5.41) is 3.24. The van der Waals surface area contributed by atoms with Crippen molar-refractivity contribution in [3.8, 4) is 5.75 Å². The summed E-state index contributed by atoms with van der Waals surface area (Å²) >= 11 is 7.68. The van der Waals surface area contributed by atoms with Crippen molar-refractivity contribution in [1.82, 2.24) is 10.3 Å². The first-order chi connectivity index (χ1) is 11.7. The normalized spacial score (nSPS) is 22.1. The van der Waals surface area contributed by atoms with Gasteiger partial charge in [-0.25, -0.2) is 0 Å². The molecule has 0 spiro atoms. The number of pyridine rings is 1. The van der Waals surface area contributed by atoms with Gasteiger partial charge >= 0.3 is 0 Å². The van der Waals surface area contributed by atoms with E-state index in [0.717, 1.165) is 22.0 Å². The van der Waals surface area contributed by atoms with Gasteiger partial charge in [-0.2, -0.15) is 0 Å². The number of piperidine rings is 1. The summed E-state index contributed by atoms with van der Waals surface area (Å²) < 4.78 is 5.25. The zero-order valence-electron chi connectivity index (χ0n) is 12.8. The number of halogens is 1. The molecule has 2 atom stereocenters. The van der Waals surface area contributed by atoms with Crippen LogP contribution in [0.15, 0.2) is 46.4 Å². The van der Waals surface area contributed by atoms with Crippen molar-refractivity contribution >= 4 is 40.7 Å². The number of carbonyl (C=O) groups excluding carboxylic acids is 1. The number of ether oxygens (including phenoxy) is 1. The Bertz CT molecular complexity index is 841. The molecule has 3 heterocycles. The third-order valence-electron chi connectivity index (χ3n) is 4.06. The molecule has 2 aliphatic rings. The second-order valence-corrected chi connectivity index (χ2v) is 7.13. The fourth-order valence-electron chi connectivity index (χ4n) is 2.90. The quantitative estimate of drug-likeness (QED) is 0.890. The number of hydrogen-bond acceptors (Lipinski definition) is 5. The average molecular weight is 360 g/mol. The number of amides is 1. The van der Waals surface area contributed by atoms with Crippen LogP contribution < -0.4 is 10.1 Å². The maximum atomic E-state index is 12.5. The number of nitrogens with one attached hydrogen (secondary N) is 1. The number of thioether (sulfide) groups is 1. The number of rotatable bonds is 2.